The Kier molecular flexibility index (Phi) is 5.89. The summed E-state index contributed by atoms with van der Waals surface area (Å²) in [5.41, 5.74) is 1.93. The summed E-state index contributed by atoms with van der Waals surface area (Å²) in [7, 11) is 0. The molecule has 29 heavy (non-hydrogen) atoms. The van der Waals surface area contributed by atoms with Crippen molar-refractivity contribution in [3.8, 4) is 0 Å². The Morgan fingerprint density at radius 1 is 0.724 bits per heavy atom. The van der Waals surface area contributed by atoms with E-state index in [1.165, 1.54) is 5.56 Å². The summed E-state index contributed by atoms with van der Waals surface area (Å²) in [6.45, 7) is 2.58. The van der Waals surface area contributed by atoms with Crippen molar-refractivity contribution in [1.82, 2.24) is 9.80 Å². The second-order valence-electron chi connectivity index (χ2n) is 7.54. The Morgan fingerprint density at radius 2 is 1.41 bits per heavy atom. The molecule has 0 bridgehead atoms. The number of hydrogen-bond acceptors (Lipinski definition) is 2. The zero-order valence-electron chi connectivity index (χ0n) is 16.6. The van der Waals surface area contributed by atoms with Crippen LogP contribution < -0.4 is 0 Å². The van der Waals surface area contributed by atoms with Gasteiger partial charge in [0.25, 0.3) is 5.91 Å². The van der Waals surface area contributed by atoms with E-state index in [0.717, 1.165) is 29.2 Å². The van der Waals surface area contributed by atoms with Crippen LogP contribution in [0.15, 0.2) is 72.8 Å². The predicted octanol–water partition coefficient (Wildman–Crippen LogP) is 4.15. The lowest BCUT2D eigenvalue weighted by atomic mass is 10.0. The fourth-order valence-electron chi connectivity index (χ4n) is 4.01. The Hall–Kier alpha value is -3.14. The molecule has 2 amide bonds. The number of nitrogens with zero attached hydrogens (tertiary/aromatic N) is 2. The summed E-state index contributed by atoms with van der Waals surface area (Å²) in [5, 5.41) is 2.06. The van der Waals surface area contributed by atoms with Crippen molar-refractivity contribution in [3.63, 3.8) is 0 Å². The number of amides is 2. The van der Waals surface area contributed by atoms with E-state index in [2.05, 4.69) is 12.1 Å². The van der Waals surface area contributed by atoms with Gasteiger partial charge in [-0.1, -0.05) is 66.7 Å². The van der Waals surface area contributed by atoms with Crippen molar-refractivity contribution in [3.05, 3.63) is 83.9 Å². The third kappa shape index (κ3) is 4.48. The van der Waals surface area contributed by atoms with Crippen LogP contribution in [0.1, 0.15) is 28.8 Å². The summed E-state index contributed by atoms with van der Waals surface area (Å²) < 4.78 is 0. The van der Waals surface area contributed by atoms with Crippen LogP contribution >= 0.6 is 0 Å². The highest BCUT2D eigenvalue weighted by Crippen LogP contribution is 2.21. The van der Waals surface area contributed by atoms with E-state index in [-0.39, 0.29) is 11.8 Å². The van der Waals surface area contributed by atoms with Crippen molar-refractivity contribution in [2.24, 2.45) is 0 Å². The maximum Gasteiger partial charge on any atom is 0.254 e. The number of hydrogen-bond donors (Lipinski definition) is 0. The molecule has 0 saturated carbocycles. The Bertz CT molecular complexity index is 995. The third-order valence-corrected chi connectivity index (χ3v) is 5.63. The summed E-state index contributed by atoms with van der Waals surface area (Å²) in [4.78, 5) is 29.7. The zero-order chi connectivity index (χ0) is 20.1. The summed E-state index contributed by atoms with van der Waals surface area (Å²) >= 11 is 0. The summed E-state index contributed by atoms with van der Waals surface area (Å²) in [6.07, 6.45) is 2.09. The van der Waals surface area contributed by atoms with Gasteiger partial charge in [-0.05, 0) is 35.2 Å². The highest BCUT2D eigenvalue weighted by Gasteiger charge is 2.23. The molecule has 1 aliphatic heterocycles. The fourth-order valence-corrected chi connectivity index (χ4v) is 4.01. The number of benzene rings is 3. The number of aryl methyl sites for hydroxylation is 1. The molecule has 1 saturated heterocycles. The number of fused-ring (bicyclic) bond motifs is 1. The second-order valence-corrected chi connectivity index (χ2v) is 7.54. The minimum Gasteiger partial charge on any atom is -0.341 e. The van der Waals surface area contributed by atoms with Crippen LogP contribution in [0.5, 0.6) is 0 Å². The largest absolute Gasteiger partial charge is 0.341 e. The number of carbonyl (C=O) groups excluding carboxylic acids is 2. The van der Waals surface area contributed by atoms with Crippen molar-refractivity contribution in [2.45, 2.75) is 19.3 Å². The van der Waals surface area contributed by atoms with E-state index in [4.69, 9.17) is 0 Å². The van der Waals surface area contributed by atoms with Gasteiger partial charge in [-0.25, -0.2) is 0 Å². The monoisotopic (exact) mass is 386 g/mol. The quantitative estimate of drug-likeness (QED) is 0.676. The molecule has 1 fully saturated rings. The molecule has 3 aromatic rings. The van der Waals surface area contributed by atoms with Crippen LogP contribution in [0.2, 0.25) is 0 Å². The SMILES string of the molecule is O=C(CCc1ccccc1)N1CCCN(C(=O)c2cccc3ccccc23)CC1. The molecule has 4 nitrogen and oxygen atoms in total. The molecule has 0 atom stereocenters. The highest BCUT2D eigenvalue weighted by atomic mass is 16.2. The summed E-state index contributed by atoms with van der Waals surface area (Å²) in [6, 6.07) is 24.0. The molecule has 3 aromatic carbocycles. The van der Waals surface area contributed by atoms with Crippen LogP contribution in [0.3, 0.4) is 0 Å². The average Bonchev–Trinajstić information content (AvgIpc) is 3.04. The van der Waals surface area contributed by atoms with Gasteiger partial charge in [-0.2, -0.15) is 0 Å². The van der Waals surface area contributed by atoms with E-state index in [9.17, 15) is 9.59 Å². The molecule has 4 heteroatoms. The molecule has 0 N–H and O–H groups in total. The van der Waals surface area contributed by atoms with E-state index >= 15 is 0 Å². The molecule has 0 unspecified atom stereocenters. The van der Waals surface area contributed by atoms with Crippen molar-refractivity contribution in [2.75, 3.05) is 26.2 Å². The summed E-state index contributed by atoms with van der Waals surface area (Å²) in [5.74, 6) is 0.230. The molecule has 0 radical (unpaired) electrons. The lowest BCUT2D eigenvalue weighted by Gasteiger charge is -2.23. The van der Waals surface area contributed by atoms with Crippen LogP contribution in [0, 0.1) is 0 Å². The third-order valence-electron chi connectivity index (χ3n) is 5.63. The maximum absolute atomic E-state index is 13.2. The smallest absolute Gasteiger partial charge is 0.254 e. The topological polar surface area (TPSA) is 40.6 Å². The molecule has 1 heterocycles. The van der Waals surface area contributed by atoms with Crippen LogP contribution in [0.25, 0.3) is 10.8 Å². The van der Waals surface area contributed by atoms with Crippen molar-refractivity contribution < 1.29 is 9.59 Å². The minimum absolute atomic E-state index is 0.0559. The molecular weight excluding hydrogens is 360 g/mol. The van der Waals surface area contributed by atoms with E-state index in [1.807, 2.05) is 70.5 Å². The molecule has 148 valence electrons. The van der Waals surface area contributed by atoms with E-state index in [0.29, 0.717) is 32.6 Å². The van der Waals surface area contributed by atoms with Crippen LogP contribution in [-0.2, 0) is 11.2 Å². The lowest BCUT2D eigenvalue weighted by Crippen LogP contribution is -2.37. The minimum atomic E-state index is 0.0559. The normalized spacial score (nSPS) is 14.6. The molecule has 1 aliphatic rings. The van der Waals surface area contributed by atoms with Gasteiger partial charge >= 0.3 is 0 Å². The molecule has 0 spiro atoms. The van der Waals surface area contributed by atoms with E-state index < -0.39 is 0 Å². The molecule has 0 aliphatic carbocycles. The Morgan fingerprint density at radius 3 is 2.28 bits per heavy atom. The fraction of sp³-hybridized carbons (Fsp3) is 0.280. The van der Waals surface area contributed by atoms with Gasteiger partial charge in [-0.15, -0.1) is 0 Å². The van der Waals surface area contributed by atoms with Crippen LogP contribution in [-0.4, -0.2) is 47.8 Å². The van der Waals surface area contributed by atoms with Gasteiger partial charge in [0.2, 0.25) is 5.91 Å². The second kappa shape index (κ2) is 8.91. The van der Waals surface area contributed by atoms with Crippen molar-refractivity contribution in [1.29, 1.82) is 0 Å². The Labute approximate surface area is 171 Å². The van der Waals surface area contributed by atoms with Gasteiger partial charge in [0.1, 0.15) is 0 Å². The van der Waals surface area contributed by atoms with Gasteiger partial charge < -0.3 is 9.80 Å². The van der Waals surface area contributed by atoms with E-state index in [1.54, 1.807) is 0 Å². The first-order valence-corrected chi connectivity index (χ1v) is 10.3. The number of carbonyl (C=O) groups is 2. The first-order valence-electron chi connectivity index (χ1n) is 10.3. The maximum atomic E-state index is 13.2. The van der Waals surface area contributed by atoms with Gasteiger partial charge in [0, 0.05) is 38.2 Å². The Balaban J connectivity index is 1.39. The lowest BCUT2D eigenvalue weighted by molar-refractivity contribution is -0.131. The van der Waals surface area contributed by atoms with Gasteiger partial charge in [0.15, 0.2) is 0 Å². The zero-order valence-corrected chi connectivity index (χ0v) is 16.6. The van der Waals surface area contributed by atoms with Crippen molar-refractivity contribution >= 4 is 22.6 Å². The molecule has 0 aromatic heterocycles. The first kappa shape index (κ1) is 19.2. The standard InChI is InChI=1S/C25H26N2O2/c28-24(15-14-20-8-2-1-3-9-20)26-16-7-17-27(19-18-26)25(29)23-13-6-11-21-10-4-5-12-22(21)23/h1-6,8-13H,7,14-19H2. The number of rotatable bonds is 4. The first-order chi connectivity index (χ1) is 14.2. The molecular formula is C25H26N2O2. The average molecular weight is 386 g/mol. The predicted molar refractivity (Wildman–Crippen MR) is 116 cm³/mol. The van der Waals surface area contributed by atoms with Gasteiger partial charge in [0.05, 0.1) is 0 Å². The molecule has 4 rings (SSSR count). The van der Waals surface area contributed by atoms with Gasteiger partial charge in [-0.3, -0.25) is 9.59 Å². The highest BCUT2D eigenvalue weighted by molar-refractivity contribution is 6.07. The van der Waals surface area contributed by atoms with Crippen LogP contribution in [0.4, 0.5) is 0 Å².